The summed E-state index contributed by atoms with van der Waals surface area (Å²) < 4.78 is 1.94. The van der Waals surface area contributed by atoms with Gasteiger partial charge in [0, 0.05) is 23.7 Å². The molecule has 172 valence electrons. The average molecular weight is 476 g/mol. The third-order valence-corrected chi connectivity index (χ3v) is 6.81. The van der Waals surface area contributed by atoms with E-state index >= 15 is 0 Å². The van der Waals surface area contributed by atoms with Crippen LogP contribution in [0.15, 0.2) is 48.8 Å². The minimum Gasteiger partial charge on any atom is -0.465 e. The molecule has 0 radical (unpaired) electrons. The minimum atomic E-state index is -1.16. The first kappa shape index (κ1) is 22.0. The lowest BCUT2D eigenvalue weighted by molar-refractivity contribution is -0.117. The van der Waals surface area contributed by atoms with Gasteiger partial charge in [-0.05, 0) is 55.2 Å². The van der Waals surface area contributed by atoms with Crippen LogP contribution in [-0.4, -0.2) is 32.9 Å². The van der Waals surface area contributed by atoms with Crippen molar-refractivity contribution in [2.24, 2.45) is 0 Å². The molecule has 2 aromatic carbocycles. The molecule has 1 saturated carbocycles. The van der Waals surface area contributed by atoms with E-state index in [4.69, 9.17) is 11.6 Å². The van der Waals surface area contributed by atoms with Crippen molar-refractivity contribution < 1.29 is 14.7 Å². The summed E-state index contributed by atoms with van der Waals surface area (Å²) in [6, 6.07) is 11.4. The fourth-order valence-corrected chi connectivity index (χ4v) is 5.06. The molecule has 5 rings (SSSR count). The van der Waals surface area contributed by atoms with Crippen molar-refractivity contribution in [1.29, 1.82) is 5.26 Å². The monoisotopic (exact) mass is 475 g/mol. The van der Waals surface area contributed by atoms with E-state index in [0.717, 1.165) is 24.0 Å². The molecule has 1 N–H and O–H groups in total. The van der Waals surface area contributed by atoms with Crippen molar-refractivity contribution in [2.45, 2.75) is 44.8 Å². The summed E-state index contributed by atoms with van der Waals surface area (Å²) in [5.74, 6) is -0.206. The zero-order valence-electron chi connectivity index (χ0n) is 18.6. The third-order valence-electron chi connectivity index (χ3n) is 6.49. The molecule has 2 atom stereocenters. The molecule has 9 heteroatoms. The van der Waals surface area contributed by atoms with Gasteiger partial charge >= 0.3 is 6.09 Å². The van der Waals surface area contributed by atoms with Crippen molar-refractivity contribution >= 4 is 35.0 Å². The highest BCUT2D eigenvalue weighted by Crippen LogP contribution is 2.47. The predicted octanol–water partition coefficient (Wildman–Crippen LogP) is 5.39. The van der Waals surface area contributed by atoms with E-state index in [1.165, 1.54) is 17.9 Å². The van der Waals surface area contributed by atoms with E-state index in [0.29, 0.717) is 28.5 Å². The number of hydrogen-bond acceptors (Lipinski definition) is 4. The number of amides is 2. The molecule has 1 aromatic heterocycles. The lowest BCUT2D eigenvalue weighted by atomic mass is 9.91. The van der Waals surface area contributed by atoms with E-state index in [-0.39, 0.29) is 10.9 Å². The van der Waals surface area contributed by atoms with Gasteiger partial charge in [-0.1, -0.05) is 23.7 Å². The Morgan fingerprint density at radius 1 is 1.12 bits per heavy atom. The van der Waals surface area contributed by atoms with Crippen LogP contribution in [-0.2, 0) is 4.79 Å². The van der Waals surface area contributed by atoms with E-state index in [9.17, 15) is 20.0 Å². The highest BCUT2D eigenvalue weighted by Gasteiger charge is 2.43. The Labute approximate surface area is 201 Å². The highest BCUT2D eigenvalue weighted by molar-refractivity contribution is 6.31. The molecule has 0 bridgehead atoms. The van der Waals surface area contributed by atoms with Gasteiger partial charge in [0.25, 0.3) is 0 Å². The second kappa shape index (κ2) is 8.19. The molecule has 1 aliphatic carbocycles. The molecule has 0 saturated heterocycles. The number of benzene rings is 2. The first-order valence-corrected chi connectivity index (χ1v) is 11.4. The SMILES string of the molecule is CC(=O)N1c2ccc(-c3cnn(C4CC4)c3)cc2N(C(=O)O)C(c2ccc(C#N)cc2Cl)[C@@H]1C. The van der Waals surface area contributed by atoms with Gasteiger partial charge in [0.05, 0.1) is 47.3 Å². The van der Waals surface area contributed by atoms with E-state index in [1.54, 1.807) is 42.3 Å². The van der Waals surface area contributed by atoms with Crippen LogP contribution < -0.4 is 9.80 Å². The number of carbonyl (C=O) groups excluding carboxylic acids is 1. The van der Waals surface area contributed by atoms with Crippen LogP contribution in [0, 0.1) is 11.3 Å². The Balaban J connectivity index is 1.67. The molecule has 2 amide bonds. The summed E-state index contributed by atoms with van der Waals surface area (Å²) in [6.45, 7) is 3.26. The lowest BCUT2D eigenvalue weighted by Gasteiger charge is -2.46. The number of nitrogens with zero attached hydrogens (tertiary/aromatic N) is 5. The number of anilines is 2. The van der Waals surface area contributed by atoms with E-state index < -0.39 is 18.2 Å². The zero-order valence-corrected chi connectivity index (χ0v) is 19.4. The van der Waals surface area contributed by atoms with Crippen LogP contribution >= 0.6 is 11.6 Å². The smallest absolute Gasteiger partial charge is 0.412 e. The Morgan fingerprint density at radius 3 is 2.50 bits per heavy atom. The number of fused-ring (bicyclic) bond motifs is 1. The van der Waals surface area contributed by atoms with Crippen LogP contribution in [0.4, 0.5) is 16.2 Å². The molecule has 1 fully saturated rings. The molecule has 34 heavy (non-hydrogen) atoms. The van der Waals surface area contributed by atoms with Crippen molar-refractivity contribution in [3.05, 3.63) is 64.9 Å². The maximum atomic E-state index is 12.7. The van der Waals surface area contributed by atoms with E-state index in [2.05, 4.69) is 5.10 Å². The summed E-state index contributed by atoms with van der Waals surface area (Å²) in [6.07, 6.45) is 4.79. The maximum Gasteiger partial charge on any atom is 0.412 e. The van der Waals surface area contributed by atoms with Crippen LogP contribution in [0.2, 0.25) is 5.02 Å². The Bertz CT molecular complexity index is 1360. The van der Waals surface area contributed by atoms with Crippen LogP contribution in [0.5, 0.6) is 0 Å². The number of rotatable bonds is 3. The maximum absolute atomic E-state index is 12.7. The Kier molecular flexibility index (Phi) is 5.29. The summed E-state index contributed by atoms with van der Waals surface area (Å²) in [5.41, 5.74) is 3.49. The summed E-state index contributed by atoms with van der Waals surface area (Å²) in [7, 11) is 0. The van der Waals surface area contributed by atoms with Gasteiger partial charge in [-0.25, -0.2) is 4.79 Å². The lowest BCUT2D eigenvalue weighted by Crippen LogP contribution is -2.53. The molecule has 1 aliphatic heterocycles. The number of carbonyl (C=O) groups is 2. The number of aromatic nitrogens is 2. The number of halogens is 1. The van der Waals surface area contributed by atoms with Crippen molar-refractivity contribution in [3.63, 3.8) is 0 Å². The average Bonchev–Trinajstić information content (AvgIpc) is 3.54. The fourth-order valence-electron chi connectivity index (χ4n) is 4.77. The normalized spacial score (nSPS) is 19.5. The zero-order chi connectivity index (χ0) is 24.1. The molecule has 3 aromatic rings. The predicted molar refractivity (Wildman–Crippen MR) is 128 cm³/mol. The molecular formula is C25H22ClN5O3. The van der Waals surface area contributed by atoms with Gasteiger partial charge in [-0.3, -0.25) is 14.4 Å². The largest absolute Gasteiger partial charge is 0.465 e. The minimum absolute atomic E-state index is 0.206. The molecular weight excluding hydrogens is 454 g/mol. The van der Waals surface area contributed by atoms with Gasteiger partial charge in [0.2, 0.25) is 5.91 Å². The molecule has 0 spiro atoms. The standard InChI is InChI=1S/C25H22ClN5O3/c1-14-24(20-7-3-16(11-27)9-21(20)26)31(25(33)34)23-10-17(4-8-22(23)30(14)15(2)32)18-12-28-29(13-18)19-5-6-19/h3-4,7-10,12-14,19,24H,5-6H2,1-2H3,(H,33,34)/t14-,24?/m0/s1. The first-order chi connectivity index (χ1) is 16.3. The van der Waals surface area contributed by atoms with Gasteiger partial charge in [-0.2, -0.15) is 10.4 Å². The number of nitriles is 1. The van der Waals surface area contributed by atoms with Crippen molar-refractivity contribution in [3.8, 4) is 17.2 Å². The second-order valence-electron chi connectivity index (χ2n) is 8.72. The van der Waals surface area contributed by atoms with Crippen LogP contribution in [0.1, 0.15) is 49.9 Å². The summed E-state index contributed by atoms with van der Waals surface area (Å²) in [5, 5.41) is 24.2. The summed E-state index contributed by atoms with van der Waals surface area (Å²) >= 11 is 6.51. The molecule has 2 aliphatic rings. The van der Waals surface area contributed by atoms with Crippen LogP contribution in [0.3, 0.4) is 0 Å². The van der Waals surface area contributed by atoms with Gasteiger partial charge in [0.1, 0.15) is 0 Å². The molecule has 1 unspecified atom stereocenters. The van der Waals surface area contributed by atoms with Crippen molar-refractivity contribution in [1.82, 2.24) is 9.78 Å². The second-order valence-corrected chi connectivity index (χ2v) is 9.13. The topological polar surface area (TPSA) is 102 Å². The van der Waals surface area contributed by atoms with Gasteiger partial charge < -0.3 is 10.0 Å². The number of hydrogen-bond donors (Lipinski definition) is 1. The van der Waals surface area contributed by atoms with Gasteiger partial charge in [-0.15, -0.1) is 0 Å². The van der Waals surface area contributed by atoms with E-state index in [1.807, 2.05) is 23.0 Å². The summed E-state index contributed by atoms with van der Waals surface area (Å²) in [4.78, 5) is 28.2. The Morgan fingerprint density at radius 2 is 1.88 bits per heavy atom. The molecule has 8 nitrogen and oxygen atoms in total. The highest BCUT2D eigenvalue weighted by atomic mass is 35.5. The number of carboxylic acid groups (broad SMARTS) is 1. The third kappa shape index (κ3) is 3.58. The fraction of sp³-hybridized carbons (Fsp3) is 0.280. The van der Waals surface area contributed by atoms with Gasteiger partial charge in [0.15, 0.2) is 0 Å². The van der Waals surface area contributed by atoms with Crippen LogP contribution in [0.25, 0.3) is 11.1 Å². The Hall–Kier alpha value is -3.83. The quantitative estimate of drug-likeness (QED) is 0.547. The first-order valence-electron chi connectivity index (χ1n) is 11.0. The molecule has 2 heterocycles. The van der Waals surface area contributed by atoms with Crippen molar-refractivity contribution in [2.75, 3.05) is 9.80 Å².